The summed E-state index contributed by atoms with van der Waals surface area (Å²) < 4.78 is 52.5. The van der Waals surface area contributed by atoms with E-state index in [1.54, 1.807) is 0 Å². The average molecular weight is 280 g/mol. The van der Waals surface area contributed by atoms with Gasteiger partial charge in [-0.05, 0) is 23.8 Å². The number of halogens is 4. The van der Waals surface area contributed by atoms with E-state index in [9.17, 15) is 17.6 Å². The standard InChI is InChI=1S/C14H8F4N2/c15-10-2-1-8(6-19)9(3-10)7-20-13-5-11(16)4-12(17)14(13)18/h1-5,20H,7H2. The lowest BCUT2D eigenvalue weighted by Crippen LogP contribution is -2.05. The van der Waals surface area contributed by atoms with E-state index in [4.69, 9.17) is 5.26 Å². The minimum Gasteiger partial charge on any atom is -0.378 e. The lowest BCUT2D eigenvalue weighted by atomic mass is 10.1. The number of nitrogens with one attached hydrogen (secondary N) is 1. The van der Waals surface area contributed by atoms with E-state index >= 15 is 0 Å². The number of nitrogens with zero attached hydrogens (tertiary/aromatic N) is 1. The first-order valence-corrected chi connectivity index (χ1v) is 5.58. The maximum atomic E-state index is 13.4. The lowest BCUT2D eigenvalue weighted by Gasteiger charge is -2.09. The number of hydrogen-bond donors (Lipinski definition) is 1. The molecule has 1 N–H and O–H groups in total. The molecule has 0 atom stereocenters. The van der Waals surface area contributed by atoms with E-state index in [2.05, 4.69) is 5.32 Å². The molecule has 0 unspecified atom stereocenters. The zero-order chi connectivity index (χ0) is 14.7. The van der Waals surface area contributed by atoms with E-state index < -0.39 is 29.0 Å². The van der Waals surface area contributed by atoms with E-state index in [0.717, 1.165) is 18.2 Å². The van der Waals surface area contributed by atoms with Crippen LogP contribution in [0.5, 0.6) is 0 Å². The summed E-state index contributed by atoms with van der Waals surface area (Å²) in [6.45, 7) is -0.138. The van der Waals surface area contributed by atoms with Crippen molar-refractivity contribution in [2.45, 2.75) is 6.54 Å². The van der Waals surface area contributed by atoms with Gasteiger partial charge in [0.25, 0.3) is 0 Å². The Morgan fingerprint density at radius 2 is 1.75 bits per heavy atom. The van der Waals surface area contributed by atoms with Crippen LogP contribution in [0.3, 0.4) is 0 Å². The molecule has 0 bridgehead atoms. The van der Waals surface area contributed by atoms with Crippen molar-refractivity contribution in [3.8, 4) is 6.07 Å². The highest BCUT2D eigenvalue weighted by atomic mass is 19.2. The predicted molar refractivity (Wildman–Crippen MR) is 64.8 cm³/mol. The summed E-state index contributed by atoms with van der Waals surface area (Å²) >= 11 is 0. The highest BCUT2D eigenvalue weighted by Crippen LogP contribution is 2.20. The third-order valence-corrected chi connectivity index (χ3v) is 2.65. The van der Waals surface area contributed by atoms with E-state index in [-0.39, 0.29) is 17.7 Å². The molecular formula is C14H8F4N2. The van der Waals surface area contributed by atoms with Crippen LogP contribution in [0, 0.1) is 34.6 Å². The van der Waals surface area contributed by atoms with Crippen LogP contribution in [0.25, 0.3) is 0 Å². The van der Waals surface area contributed by atoms with Gasteiger partial charge in [0.15, 0.2) is 11.6 Å². The third-order valence-electron chi connectivity index (χ3n) is 2.65. The maximum absolute atomic E-state index is 13.4. The second kappa shape index (κ2) is 5.61. The van der Waals surface area contributed by atoms with Crippen LogP contribution in [0.4, 0.5) is 23.2 Å². The van der Waals surface area contributed by atoms with E-state index in [1.807, 2.05) is 6.07 Å². The summed E-state index contributed by atoms with van der Waals surface area (Å²) in [7, 11) is 0. The Labute approximate surface area is 112 Å². The van der Waals surface area contributed by atoms with Crippen LogP contribution < -0.4 is 5.32 Å². The van der Waals surface area contributed by atoms with Crippen molar-refractivity contribution in [2.24, 2.45) is 0 Å². The summed E-state index contributed by atoms with van der Waals surface area (Å²) in [5.41, 5.74) is 0.0587. The molecule has 0 heterocycles. The fourth-order valence-corrected chi connectivity index (χ4v) is 1.69. The van der Waals surface area contributed by atoms with Gasteiger partial charge in [-0.15, -0.1) is 0 Å². The molecule has 6 heteroatoms. The quantitative estimate of drug-likeness (QED) is 0.687. The topological polar surface area (TPSA) is 35.8 Å². The highest BCUT2D eigenvalue weighted by Gasteiger charge is 2.11. The van der Waals surface area contributed by atoms with Crippen molar-refractivity contribution in [1.82, 2.24) is 0 Å². The van der Waals surface area contributed by atoms with Crippen LogP contribution in [0.15, 0.2) is 30.3 Å². The van der Waals surface area contributed by atoms with Crippen LogP contribution in [-0.4, -0.2) is 0 Å². The highest BCUT2D eigenvalue weighted by molar-refractivity contribution is 5.47. The molecule has 0 aromatic heterocycles. The first-order chi connectivity index (χ1) is 9.51. The molecule has 0 radical (unpaired) electrons. The van der Waals surface area contributed by atoms with Gasteiger partial charge < -0.3 is 5.32 Å². The molecular weight excluding hydrogens is 272 g/mol. The molecule has 2 rings (SSSR count). The van der Waals surface area contributed by atoms with Crippen molar-refractivity contribution in [2.75, 3.05) is 5.32 Å². The van der Waals surface area contributed by atoms with Gasteiger partial charge in [-0.2, -0.15) is 5.26 Å². The Bertz CT molecular complexity index is 692. The minimum absolute atomic E-state index is 0.138. The first-order valence-electron chi connectivity index (χ1n) is 5.58. The maximum Gasteiger partial charge on any atom is 0.182 e. The fraction of sp³-hybridized carbons (Fsp3) is 0.0714. The number of rotatable bonds is 3. The number of nitriles is 1. The van der Waals surface area contributed by atoms with Gasteiger partial charge in [0.1, 0.15) is 11.6 Å². The molecule has 0 amide bonds. The van der Waals surface area contributed by atoms with Gasteiger partial charge >= 0.3 is 0 Å². The first kappa shape index (κ1) is 13.9. The van der Waals surface area contributed by atoms with Crippen molar-refractivity contribution >= 4 is 5.69 Å². The van der Waals surface area contributed by atoms with E-state index in [1.165, 1.54) is 6.07 Å². The van der Waals surface area contributed by atoms with Crippen LogP contribution in [0.2, 0.25) is 0 Å². The van der Waals surface area contributed by atoms with Gasteiger partial charge in [0.2, 0.25) is 0 Å². The zero-order valence-corrected chi connectivity index (χ0v) is 10.1. The summed E-state index contributed by atoms with van der Waals surface area (Å²) in [5.74, 6) is -4.06. The second-order valence-corrected chi connectivity index (χ2v) is 4.02. The Hall–Kier alpha value is -2.55. The van der Waals surface area contributed by atoms with Crippen LogP contribution in [-0.2, 0) is 6.54 Å². The molecule has 20 heavy (non-hydrogen) atoms. The third kappa shape index (κ3) is 2.88. The van der Waals surface area contributed by atoms with E-state index in [0.29, 0.717) is 6.07 Å². The smallest absolute Gasteiger partial charge is 0.182 e. The summed E-state index contributed by atoms with van der Waals surface area (Å²) in [4.78, 5) is 0. The summed E-state index contributed by atoms with van der Waals surface area (Å²) in [6, 6.07) is 6.53. The number of benzene rings is 2. The van der Waals surface area contributed by atoms with Gasteiger partial charge in [-0.3, -0.25) is 0 Å². The second-order valence-electron chi connectivity index (χ2n) is 4.02. The molecule has 0 saturated carbocycles. The molecule has 0 aliphatic heterocycles. The fourth-order valence-electron chi connectivity index (χ4n) is 1.69. The molecule has 0 spiro atoms. The Balaban J connectivity index is 2.26. The number of anilines is 1. The molecule has 2 nitrogen and oxygen atoms in total. The lowest BCUT2D eigenvalue weighted by molar-refractivity contribution is 0.497. The van der Waals surface area contributed by atoms with Crippen LogP contribution in [0.1, 0.15) is 11.1 Å². The molecule has 102 valence electrons. The molecule has 0 fully saturated rings. The normalized spacial score (nSPS) is 10.2. The number of hydrogen-bond acceptors (Lipinski definition) is 2. The van der Waals surface area contributed by atoms with Crippen molar-refractivity contribution in [1.29, 1.82) is 5.26 Å². The summed E-state index contributed by atoms with van der Waals surface area (Å²) in [5, 5.41) is 11.3. The molecule has 0 saturated heterocycles. The molecule has 2 aromatic rings. The van der Waals surface area contributed by atoms with Gasteiger partial charge in [-0.25, -0.2) is 17.6 Å². The van der Waals surface area contributed by atoms with Crippen LogP contribution >= 0.6 is 0 Å². The molecule has 0 aliphatic carbocycles. The zero-order valence-electron chi connectivity index (χ0n) is 10.1. The summed E-state index contributed by atoms with van der Waals surface area (Å²) in [6.07, 6.45) is 0. The van der Waals surface area contributed by atoms with Gasteiger partial charge in [-0.1, -0.05) is 0 Å². The molecule has 0 aliphatic rings. The predicted octanol–water partition coefficient (Wildman–Crippen LogP) is 3.73. The van der Waals surface area contributed by atoms with Gasteiger partial charge in [0.05, 0.1) is 17.3 Å². The SMILES string of the molecule is N#Cc1ccc(F)cc1CNc1cc(F)cc(F)c1F. The average Bonchev–Trinajstić information content (AvgIpc) is 2.41. The Morgan fingerprint density at radius 3 is 2.45 bits per heavy atom. The van der Waals surface area contributed by atoms with Crippen molar-refractivity contribution in [3.05, 3.63) is 64.7 Å². The Kier molecular flexibility index (Phi) is 3.89. The Morgan fingerprint density at radius 1 is 1.00 bits per heavy atom. The largest absolute Gasteiger partial charge is 0.378 e. The molecule has 2 aromatic carbocycles. The minimum atomic E-state index is -1.33. The monoisotopic (exact) mass is 280 g/mol. The van der Waals surface area contributed by atoms with Crippen molar-refractivity contribution < 1.29 is 17.6 Å². The van der Waals surface area contributed by atoms with Gasteiger partial charge in [0, 0.05) is 18.7 Å². The van der Waals surface area contributed by atoms with Crippen molar-refractivity contribution in [3.63, 3.8) is 0 Å².